The number of nitrogens with one attached hydrogen (secondary N) is 3. The molecule has 12 nitrogen and oxygen atoms in total. The number of hydrogen-bond donors (Lipinski definition) is 5. The monoisotopic (exact) mass is 595 g/mol. The summed E-state index contributed by atoms with van der Waals surface area (Å²) in [6.07, 6.45) is -1.40. The number of nitrogens with two attached hydrogens (primary N) is 1. The van der Waals surface area contributed by atoms with Crippen molar-refractivity contribution in [2.24, 2.45) is 5.73 Å². The Morgan fingerprint density at radius 3 is 2.21 bits per heavy atom. The fourth-order valence-corrected chi connectivity index (χ4v) is 4.80. The number of benzene rings is 2. The zero-order valence-corrected chi connectivity index (χ0v) is 24.5. The molecule has 12 heteroatoms. The third-order valence-electron chi connectivity index (χ3n) is 7.33. The van der Waals surface area contributed by atoms with E-state index in [9.17, 15) is 29.1 Å². The molecule has 5 atom stereocenters. The van der Waals surface area contributed by atoms with Crippen molar-refractivity contribution in [1.29, 1.82) is 0 Å². The van der Waals surface area contributed by atoms with Crippen molar-refractivity contribution >= 4 is 29.7 Å². The summed E-state index contributed by atoms with van der Waals surface area (Å²) in [7, 11) is 0. The van der Waals surface area contributed by atoms with E-state index in [4.69, 9.17) is 10.5 Å². The van der Waals surface area contributed by atoms with Crippen molar-refractivity contribution in [2.75, 3.05) is 6.54 Å². The maximum absolute atomic E-state index is 13.6. The largest absolute Gasteiger partial charge is 0.445 e. The average Bonchev–Trinajstić information content (AvgIpc) is 3.49. The molecule has 5 amide bonds. The van der Waals surface area contributed by atoms with E-state index in [1.54, 1.807) is 54.6 Å². The highest BCUT2D eigenvalue weighted by Crippen LogP contribution is 2.21. The van der Waals surface area contributed by atoms with Gasteiger partial charge in [-0.1, -0.05) is 67.6 Å². The number of amides is 5. The van der Waals surface area contributed by atoms with Crippen LogP contribution in [0.3, 0.4) is 0 Å². The standard InChI is InChI=1S/C31H41N5O7/c1-3-20(2)33-29(40)25-15-10-16-36(25)30(41)27(38)23(17-21-11-6-4-7-12-21)34-28(39)24(18-26(32)37)35-31(42)43-19-22-13-8-5-9-14-22/h4-9,11-14,20,23-25,27,38H,3,10,15-19H2,1-2H3,(H2,32,37)(H,33,40)(H,34,39)(H,35,42)/t20?,23-,24-,25-,27-/m0/s1. The molecule has 6 N–H and O–H groups in total. The second kappa shape index (κ2) is 16.3. The van der Waals surface area contributed by atoms with Crippen LogP contribution in [0.15, 0.2) is 60.7 Å². The SMILES string of the molecule is CCC(C)NC(=O)[C@@H]1CCCN1C(=O)[C@@H](O)[C@H](Cc1ccccc1)NC(=O)[C@H](CC(N)=O)NC(=O)OCc1ccccc1. The Kier molecular flexibility index (Phi) is 12.5. The van der Waals surface area contributed by atoms with Gasteiger partial charge in [-0.3, -0.25) is 19.2 Å². The summed E-state index contributed by atoms with van der Waals surface area (Å²) >= 11 is 0. The molecule has 2 aromatic rings. The van der Waals surface area contributed by atoms with Crippen molar-refractivity contribution < 1.29 is 33.8 Å². The van der Waals surface area contributed by atoms with Gasteiger partial charge in [0.25, 0.3) is 5.91 Å². The average molecular weight is 596 g/mol. The van der Waals surface area contributed by atoms with Gasteiger partial charge in [-0.25, -0.2) is 4.79 Å². The van der Waals surface area contributed by atoms with Crippen LogP contribution in [0.2, 0.25) is 0 Å². The maximum atomic E-state index is 13.6. The Morgan fingerprint density at radius 2 is 1.60 bits per heavy atom. The van der Waals surface area contributed by atoms with E-state index >= 15 is 0 Å². The van der Waals surface area contributed by atoms with Crippen molar-refractivity contribution in [1.82, 2.24) is 20.9 Å². The van der Waals surface area contributed by atoms with Crippen molar-refractivity contribution in [3.8, 4) is 0 Å². The van der Waals surface area contributed by atoms with Gasteiger partial charge in [-0.15, -0.1) is 0 Å². The molecule has 1 heterocycles. The first-order chi connectivity index (χ1) is 20.6. The summed E-state index contributed by atoms with van der Waals surface area (Å²) in [5, 5.41) is 19.2. The predicted molar refractivity (Wildman–Crippen MR) is 158 cm³/mol. The molecule has 0 spiro atoms. The normalized spacial score (nSPS) is 17.2. The minimum absolute atomic E-state index is 0.0544. The summed E-state index contributed by atoms with van der Waals surface area (Å²) in [5.74, 6) is -2.69. The van der Waals surface area contributed by atoms with Gasteiger partial charge >= 0.3 is 6.09 Å². The van der Waals surface area contributed by atoms with Crippen molar-refractivity contribution in [2.45, 2.75) is 82.8 Å². The van der Waals surface area contributed by atoms with Gasteiger partial charge in [0, 0.05) is 12.6 Å². The van der Waals surface area contributed by atoms with Gasteiger partial charge in [0.15, 0.2) is 6.10 Å². The number of carbonyl (C=O) groups excluding carboxylic acids is 5. The van der Waals surface area contributed by atoms with E-state index in [1.807, 2.05) is 19.9 Å². The maximum Gasteiger partial charge on any atom is 0.408 e. The Labute approximate surface area is 251 Å². The van der Waals surface area contributed by atoms with Gasteiger partial charge in [-0.05, 0) is 43.7 Å². The minimum atomic E-state index is -1.72. The predicted octanol–water partition coefficient (Wildman–Crippen LogP) is 1.15. The summed E-state index contributed by atoms with van der Waals surface area (Å²) in [5.41, 5.74) is 6.78. The quantitative estimate of drug-likeness (QED) is 0.217. The van der Waals surface area contributed by atoms with Gasteiger partial charge in [0.2, 0.25) is 17.7 Å². The van der Waals surface area contributed by atoms with Crippen molar-refractivity contribution in [3.63, 3.8) is 0 Å². The van der Waals surface area contributed by atoms with Crippen LogP contribution in [0.5, 0.6) is 0 Å². The molecule has 3 rings (SSSR count). The molecule has 1 unspecified atom stereocenters. The number of alkyl carbamates (subject to hydrolysis) is 1. The van der Waals surface area contributed by atoms with Gasteiger partial charge in [0.05, 0.1) is 12.5 Å². The number of ether oxygens (including phenoxy) is 1. The third-order valence-corrected chi connectivity index (χ3v) is 7.33. The zero-order valence-electron chi connectivity index (χ0n) is 24.5. The molecule has 1 aliphatic rings. The van der Waals surface area contributed by atoms with Crippen LogP contribution < -0.4 is 21.7 Å². The lowest BCUT2D eigenvalue weighted by Crippen LogP contribution is -2.58. The van der Waals surface area contributed by atoms with E-state index in [-0.39, 0.29) is 31.5 Å². The fourth-order valence-electron chi connectivity index (χ4n) is 4.80. The summed E-state index contributed by atoms with van der Waals surface area (Å²) in [6, 6.07) is 14.4. The first-order valence-corrected chi connectivity index (χ1v) is 14.5. The molecule has 232 valence electrons. The van der Waals surface area contributed by atoms with Crippen molar-refractivity contribution in [3.05, 3.63) is 71.8 Å². The van der Waals surface area contributed by atoms with Crippen LogP contribution in [0.4, 0.5) is 4.79 Å². The summed E-state index contributed by atoms with van der Waals surface area (Å²) in [4.78, 5) is 65.4. The van der Waals surface area contributed by atoms with Gasteiger partial charge < -0.3 is 36.4 Å². The Hall–Kier alpha value is -4.45. The summed E-state index contributed by atoms with van der Waals surface area (Å²) in [6.45, 7) is 4.02. The molecule has 0 aliphatic carbocycles. The smallest absolute Gasteiger partial charge is 0.408 e. The number of rotatable bonds is 14. The van der Waals surface area contributed by atoms with Gasteiger partial charge in [0.1, 0.15) is 18.7 Å². The second-order valence-corrected chi connectivity index (χ2v) is 10.7. The molecule has 1 saturated heterocycles. The van der Waals surface area contributed by atoms with E-state index < -0.39 is 54.5 Å². The lowest BCUT2D eigenvalue weighted by atomic mass is 9.99. The van der Waals surface area contributed by atoms with E-state index in [0.29, 0.717) is 18.4 Å². The van der Waals surface area contributed by atoms with Crippen LogP contribution in [-0.2, 0) is 36.9 Å². The molecule has 43 heavy (non-hydrogen) atoms. The number of aliphatic hydroxyl groups is 1. The molecule has 0 aromatic heterocycles. The number of likely N-dealkylation sites (tertiary alicyclic amines) is 1. The van der Waals surface area contributed by atoms with Crippen LogP contribution in [0.1, 0.15) is 50.7 Å². The Balaban J connectivity index is 1.75. The topological polar surface area (TPSA) is 180 Å². The lowest BCUT2D eigenvalue weighted by molar-refractivity contribution is -0.147. The molecule has 1 aliphatic heterocycles. The van der Waals surface area contributed by atoms with Crippen LogP contribution in [-0.4, -0.2) is 76.5 Å². The molecule has 0 radical (unpaired) electrons. The van der Waals surface area contributed by atoms with E-state index in [0.717, 1.165) is 12.0 Å². The van der Waals surface area contributed by atoms with Crippen LogP contribution in [0, 0.1) is 0 Å². The Bertz CT molecular complexity index is 1240. The summed E-state index contributed by atoms with van der Waals surface area (Å²) < 4.78 is 5.18. The van der Waals surface area contributed by atoms with E-state index in [1.165, 1.54) is 4.90 Å². The Morgan fingerprint density at radius 1 is 0.977 bits per heavy atom. The zero-order chi connectivity index (χ0) is 31.4. The minimum Gasteiger partial charge on any atom is -0.445 e. The molecule has 1 fully saturated rings. The molecule has 0 saturated carbocycles. The number of nitrogens with zero attached hydrogens (tertiary/aromatic N) is 1. The number of hydrogen-bond acceptors (Lipinski definition) is 7. The first-order valence-electron chi connectivity index (χ1n) is 14.5. The lowest BCUT2D eigenvalue weighted by Gasteiger charge is -2.31. The number of aliphatic hydroxyl groups excluding tert-OH is 1. The molecule has 2 aromatic carbocycles. The highest BCUT2D eigenvalue weighted by Gasteiger charge is 2.40. The fraction of sp³-hybridized carbons (Fsp3) is 0.452. The first kappa shape index (κ1) is 33.1. The van der Waals surface area contributed by atoms with Crippen LogP contribution >= 0.6 is 0 Å². The molecular weight excluding hydrogens is 554 g/mol. The highest BCUT2D eigenvalue weighted by atomic mass is 16.5. The number of primary amides is 1. The number of carbonyl (C=O) groups is 5. The highest BCUT2D eigenvalue weighted by molar-refractivity contribution is 5.93. The van der Waals surface area contributed by atoms with Crippen LogP contribution in [0.25, 0.3) is 0 Å². The van der Waals surface area contributed by atoms with Gasteiger partial charge in [-0.2, -0.15) is 0 Å². The third kappa shape index (κ3) is 10.1. The molecular formula is C31H41N5O7. The van der Waals surface area contributed by atoms with E-state index in [2.05, 4.69) is 16.0 Å². The molecule has 0 bridgehead atoms. The second-order valence-electron chi connectivity index (χ2n) is 10.7.